The van der Waals surface area contributed by atoms with Crippen molar-refractivity contribution in [3.05, 3.63) is 35.4 Å². The van der Waals surface area contributed by atoms with Crippen LogP contribution in [-0.4, -0.2) is 26.5 Å². The van der Waals surface area contributed by atoms with Gasteiger partial charge in [0, 0.05) is 18.7 Å². The highest BCUT2D eigenvalue weighted by Crippen LogP contribution is 2.35. The van der Waals surface area contributed by atoms with Crippen LogP contribution in [0.15, 0.2) is 18.2 Å². The van der Waals surface area contributed by atoms with Gasteiger partial charge in [0.2, 0.25) is 0 Å². The van der Waals surface area contributed by atoms with Gasteiger partial charge in [-0.05, 0) is 19.1 Å². The fraction of sp³-hybridized carbons (Fsp3) is 0.385. The second kappa shape index (κ2) is 4.55. The standard InChI is InChI=1S/C13H15N3O3/c1-8-14-15-13(16(8)2)7-18-9-3-4-10-11(17)6-19-12(10)5-9/h3-5,11,17H,6-7H2,1-2H3. The lowest BCUT2D eigenvalue weighted by atomic mass is 10.1. The molecule has 1 aliphatic heterocycles. The molecule has 1 aromatic heterocycles. The predicted octanol–water partition coefficient (Wildman–Crippen LogP) is 1.13. The summed E-state index contributed by atoms with van der Waals surface area (Å²) < 4.78 is 12.9. The third kappa shape index (κ3) is 2.15. The molecule has 0 saturated heterocycles. The second-order valence-electron chi connectivity index (χ2n) is 4.54. The predicted molar refractivity (Wildman–Crippen MR) is 67.0 cm³/mol. The lowest BCUT2D eigenvalue weighted by Gasteiger charge is -2.07. The Kier molecular flexibility index (Phi) is 2.87. The van der Waals surface area contributed by atoms with Crippen molar-refractivity contribution in [3.8, 4) is 11.5 Å². The first-order chi connectivity index (χ1) is 9.15. The molecule has 6 heteroatoms. The molecular formula is C13H15N3O3. The summed E-state index contributed by atoms with van der Waals surface area (Å²) in [5.74, 6) is 2.98. The molecule has 6 nitrogen and oxygen atoms in total. The number of hydrogen-bond donors (Lipinski definition) is 1. The molecule has 19 heavy (non-hydrogen) atoms. The maximum absolute atomic E-state index is 9.63. The van der Waals surface area contributed by atoms with Gasteiger partial charge in [-0.2, -0.15) is 0 Å². The first-order valence-electron chi connectivity index (χ1n) is 6.07. The zero-order valence-electron chi connectivity index (χ0n) is 10.8. The number of fused-ring (bicyclic) bond motifs is 1. The molecule has 2 aromatic rings. The van der Waals surface area contributed by atoms with E-state index < -0.39 is 6.10 Å². The SMILES string of the molecule is Cc1nnc(COc2ccc3c(c2)OCC3O)n1C. The van der Waals surface area contributed by atoms with Crippen LogP contribution in [0.2, 0.25) is 0 Å². The van der Waals surface area contributed by atoms with Crippen LogP contribution in [0.4, 0.5) is 0 Å². The van der Waals surface area contributed by atoms with E-state index >= 15 is 0 Å². The van der Waals surface area contributed by atoms with Crippen LogP contribution in [0.1, 0.15) is 23.3 Å². The third-order valence-corrected chi connectivity index (χ3v) is 3.29. The Morgan fingerprint density at radius 1 is 1.47 bits per heavy atom. The lowest BCUT2D eigenvalue weighted by Crippen LogP contribution is -2.04. The van der Waals surface area contributed by atoms with E-state index in [-0.39, 0.29) is 0 Å². The summed E-state index contributed by atoms with van der Waals surface area (Å²) in [6.45, 7) is 2.54. The molecule has 0 radical (unpaired) electrons. The Bertz CT molecular complexity index is 609. The third-order valence-electron chi connectivity index (χ3n) is 3.29. The molecule has 1 aliphatic rings. The first-order valence-corrected chi connectivity index (χ1v) is 6.07. The van der Waals surface area contributed by atoms with E-state index in [4.69, 9.17) is 9.47 Å². The summed E-state index contributed by atoms with van der Waals surface area (Å²) in [6.07, 6.45) is -0.537. The number of aromatic nitrogens is 3. The molecule has 2 heterocycles. The van der Waals surface area contributed by atoms with Crippen molar-refractivity contribution in [3.63, 3.8) is 0 Å². The minimum atomic E-state index is -0.537. The second-order valence-corrected chi connectivity index (χ2v) is 4.54. The summed E-state index contributed by atoms with van der Waals surface area (Å²) in [4.78, 5) is 0. The number of aliphatic hydroxyl groups excluding tert-OH is 1. The molecule has 1 atom stereocenters. The van der Waals surface area contributed by atoms with E-state index in [1.165, 1.54) is 0 Å². The van der Waals surface area contributed by atoms with Crippen molar-refractivity contribution in [2.24, 2.45) is 7.05 Å². The fourth-order valence-electron chi connectivity index (χ4n) is 1.99. The summed E-state index contributed by atoms with van der Waals surface area (Å²) in [5.41, 5.74) is 0.807. The topological polar surface area (TPSA) is 69.4 Å². The van der Waals surface area contributed by atoms with E-state index in [0.717, 1.165) is 17.2 Å². The average Bonchev–Trinajstić information content (AvgIpc) is 2.93. The van der Waals surface area contributed by atoms with E-state index in [9.17, 15) is 5.11 Å². The van der Waals surface area contributed by atoms with Crippen LogP contribution < -0.4 is 9.47 Å². The Balaban J connectivity index is 1.73. The van der Waals surface area contributed by atoms with Gasteiger partial charge in [-0.1, -0.05) is 0 Å². The highest BCUT2D eigenvalue weighted by Gasteiger charge is 2.22. The highest BCUT2D eigenvalue weighted by molar-refractivity contribution is 5.44. The number of aryl methyl sites for hydroxylation is 1. The van der Waals surface area contributed by atoms with Crippen molar-refractivity contribution in [1.29, 1.82) is 0 Å². The van der Waals surface area contributed by atoms with Crippen LogP contribution >= 0.6 is 0 Å². The van der Waals surface area contributed by atoms with Crippen molar-refractivity contribution < 1.29 is 14.6 Å². The number of rotatable bonds is 3. The van der Waals surface area contributed by atoms with E-state index in [2.05, 4.69) is 10.2 Å². The smallest absolute Gasteiger partial charge is 0.170 e. The molecule has 0 amide bonds. The summed E-state index contributed by atoms with van der Waals surface area (Å²) in [7, 11) is 1.90. The van der Waals surface area contributed by atoms with Crippen molar-refractivity contribution in [1.82, 2.24) is 14.8 Å². The fourth-order valence-corrected chi connectivity index (χ4v) is 1.99. The van der Waals surface area contributed by atoms with Gasteiger partial charge in [0.25, 0.3) is 0 Å². The van der Waals surface area contributed by atoms with Crippen molar-refractivity contribution in [2.45, 2.75) is 19.6 Å². The van der Waals surface area contributed by atoms with Crippen molar-refractivity contribution >= 4 is 0 Å². The van der Waals surface area contributed by atoms with Crippen LogP contribution in [0.25, 0.3) is 0 Å². The number of nitrogens with zero attached hydrogens (tertiary/aromatic N) is 3. The van der Waals surface area contributed by atoms with Crippen LogP contribution in [-0.2, 0) is 13.7 Å². The molecule has 100 valence electrons. The Morgan fingerprint density at radius 3 is 3.05 bits per heavy atom. The minimum absolute atomic E-state index is 0.307. The Hall–Kier alpha value is -2.08. The Labute approximate surface area is 110 Å². The van der Waals surface area contributed by atoms with Crippen LogP contribution in [0.3, 0.4) is 0 Å². The highest BCUT2D eigenvalue weighted by atomic mass is 16.5. The van der Waals surface area contributed by atoms with Gasteiger partial charge in [0.1, 0.15) is 36.6 Å². The van der Waals surface area contributed by atoms with Gasteiger partial charge in [-0.3, -0.25) is 0 Å². The lowest BCUT2D eigenvalue weighted by molar-refractivity contribution is 0.140. The summed E-state index contributed by atoms with van der Waals surface area (Å²) in [5, 5.41) is 17.6. The van der Waals surface area contributed by atoms with Gasteiger partial charge in [0.15, 0.2) is 5.82 Å². The maximum atomic E-state index is 9.63. The number of hydrogen-bond acceptors (Lipinski definition) is 5. The van der Waals surface area contributed by atoms with E-state index in [0.29, 0.717) is 24.7 Å². The molecule has 1 N–H and O–H groups in total. The molecule has 1 unspecified atom stereocenters. The van der Waals surface area contributed by atoms with Gasteiger partial charge >= 0.3 is 0 Å². The normalized spacial score (nSPS) is 17.1. The van der Waals surface area contributed by atoms with E-state index in [1.807, 2.05) is 30.7 Å². The number of benzene rings is 1. The van der Waals surface area contributed by atoms with E-state index in [1.54, 1.807) is 6.07 Å². The van der Waals surface area contributed by atoms with Gasteiger partial charge in [-0.25, -0.2) is 0 Å². The molecule has 0 saturated carbocycles. The first kappa shape index (κ1) is 12.0. The minimum Gasteiger partial charge on any atom is -0.490 e. The maximum Gasteiger partial charge on any atom is 0.170 e. The number of aliphatic hydroxyl groups is 1. The van der Waals surface area contributed by atoms with Gasteiger partial charge in [0.05, 0.1) is 0 Å². The quantitative estimate of drug-likeness (QED) is 0.897. The summed E-state index contributed by atoms with van der Waals surface area (Å²) in [6, 6.07) is 5.43. The van der Waals surface area contributed by atoms with Crippen LogP contribution in [0.5, 0.6) is 11.5 Å². The zero-order valence-corrected chi connectivity index (χ0v) is 10.8. The molecule has 0 fully saturated rings. The molecule has 3 rings (SSSR count). The molecular weight excluding hydrogens is 246 g/mol. The van der Waals surface area contributed by atoms with Crippen LogP contribution in [0, 0.1) is 6.92 Å². The molecule has 0 aliphatic carbocycles. The van der Waals surface area contributed by atoms with Crippen molar-refractivity contribution in [2.75, 3.05) is 6.61 Å². The number of ether oxygens (including phenoxy) is 2. The molecule has 0 bridgehead atoms. The zero-order chi connectivity index (χ0) is 13.4. The molecule has 0 spiro atoms. The molecule has 1 aromatic carbocycles. The monoisotopic (exact) mass is 261 g/mol. The average molecular weight is 261 g/mol. The largest absolute Gasteiger partial charge is 0.490 e. The Morgan fingerprint density at radius 2 is 2.32 bits per heavy atom. The van der Waals surface area contributed by atoms with Gasteiger partial charge in [-0.15, -0.1) is 10.2 Å². The summed E-state index contributed by atoms with van der Waals surface area (Å²) >= 11 is 0. The van der Waals surface area contributed by atoms with Gasteiger partial charge < -0.3 is 19.1 Å².